The molecule has 0 saturated carbocycles. The molecule has 0 bridgehead atoms. The van der Waals surface area contributed by atoms with Gasteiger partial charge in [-0.05, 0) is 0 Å². The molecular weight excluding hydrogens is 210 g/mol. The van der Waals surface area contributed by atoms with Crippen molar-refractivity contribution >= 4 is 11.5 Å². The minimum atomic E-state index is -0.530. The Hall–Kier alpha value is -2.57. The number of nitro groups is 1. The number of nitrogens with zero attached hydrogens (tertiary/aromatic N) is 4. The van der Waals surface area contributed by atoms with Crippen LogP contribution in [0.5, 0.6) is 0 Å². The lowest BCUT2D eigenvalue weighted by Crippen LogP contribution is -1.97. The number of nitrogen functional groups attached to an aromatic ring is 1. The van der Waals surface area contributed by atoms with Gasteiger partial charge in [0.05, 0.1) is 22.9 Å². The predicted molar refractivity (Wildman–Crippen MR) is 56.3 cm³/mol. The Labute approximate surface area is 90.1 Å². The molecule has 0 aliphatic heterocycles. The number of hydrogen-bond acceptors (Lipinski definition) is 6. The van der Waals surface area contributed by atoms with Crippen molar-refractivity contribution in [1.82, 2.24) is 15.0 Å². The van der Waals surface area contributed by atoms with Crippen LogP contribution in [0.4, 0.5) is 11.5 Å². The Morgan fingerprint density at radius 1 is 1.25 bits per heavy atom. The second kappa shape index (κ2) is 3.89. The fourth-order valence-electron chi connectivity index (χ4n) is 1.20. The molecule has 0 amide bonds. The highest BCUT2D eigenvalue weighted by atomic mass is 16.6. The lowest BCUT2D eigenvalue weighted by Gasteiger charge is -2.00. The van der Waals surface area contributed by atoms with Crippen molar-refractivity contribution in [3.05, 3.63) is 40.8 Å². The minimum Gasteiger partial charge on any atom is -0.383 e. The van der Waals surface area contributed by atoms with Gasteiger partial charge in [-0.1, -0.05) is 0 Å². The Morgan fingerprint density at radius 2 is 2.06 bits per heavy atom. The molecule has 80 valence electrons. The first-order valence-electron chi connectivity index (χ1n) is 4.35. The molecule has 0 spiro atoms. The molecule has 7 nitrogen and oxygen atoms in total. The molecule has 16 heavy (non-hydrogen) atoms. The summed E-state index contributed by atoms with van der Waals surface area (Å²) in [6, 6.07) is 2.50. The van der Waals surface area contributed by atoms with Gasteiger partial charge in [0, 0.05) is 18.5 Å². The first-order chi connectivity index (χ1) is 7.66. The molecule has 0 fully saturated rings. The summed E-state index contributed by atoms with van der Waals surface area (Å²) in [4.78, 5) is 21.9. The van der Waals surface area contributed by atoms with E-state index in [1.54, 1.807) is 0 Å². The molecular formula is C9H7N5O2. The molecule has 7 heteroatoms. The highest BCUT2D eigenvalue weighted by Gasteiger charge is 2.11. The van der Waals surface area contributed by atoms with Gasteiger partial charge >= 0.3 is 0 Å². The summed E-state index contributed by atoms with van der Waals surface area (Å²) in [5.74, 6) is 0.0786. The number of rotatable bonds is 2. The first kappa shape index (κ1) is 9.97. The highest BCUT2D eigenvalue weighted by molar-refractivity contribution is 5.60. The second-order valence-corrected chi connectivity index (χ2v) is 2.98. The standard InChI is InChI=1S/C9H7N5O2/c10-9-4-6(14(15)16)3-7(13-9)8-5-11-1-2-12-8/h1-5H,(H2,10,13). The third kappa shape index (κ3) is 1.92. The number of pyridine rings is 1. The third-order valence-electron chi connectivity index (χ3n) is 1.87. The smallest absolute Gasteiger partial charge is 0.275 e. The van der Waals surface area contributed by atoms with Crippen molar-refractivity contribution < 1.29 is 4.92 Å². The normalized spacial score (nSPS) is 10.0. The largest absolute Gasteiger partial charge is 0.383 e. The fraction of sp³-hybridized carbons (Fsp3) is 0. The van der Waals surface area contributed by atoms with Gasteiger partial charge in [-0.15, -0.1) is 0 Å². The van der Waals surface area contributed by atoms with Crippen molar-refractivity contribution in [2.24, 2.45) is 0 Å². The van der Waals surface area contributed by atoms with Gasteiger partial charge in [-0.25, -0.2) is 4.98 Å². The van der Waals surface area contributed by atoms with E-state index in [9.17, 15) is 10.1 Å². The topological polar surface area (TPSA) is 108 Å². The van der Waals surface area contributed by atoms with Crippen LogP contribution < -0.4 is 5.73 Å². The zero-order chi connectivity index (χ0) is 11.5. The average Bonchev–Trinajstić information content (AvgIpc) is 2.29. The SMILES string of the molecule is Nc1cc([N+](=O)[O-])cc(-c2cnccn2)n1. The van der Waals surface area contributed by atoms with E-state index in [2.05, 4.69) is 15.0 Å². The lowest BCUT2D eigenvalue weighted by atomic mass is 10.2. The van der Waals surface area contributed by atoms with Crippen LogP contribution in [-0.2, 0) is 0 Å². The third-order valence-corrected chi connectivity index (χ3v) is 1.87. The van der Waals surface area contributed by atoms with E-state index in [0.29, 0.717) is 11.4 Å². The summed E-state index contributed by atoms with van der Waals surface area (Å²) in [5.41, 5.74) is 6.13. The van der Waals surface area contributed by atoms with Gasteiger partial charge < -0.3 is 5.73 Å². The predicted octanol–water partition coefficient (Wildman–Crippen LogP) is 1.03. The van der Waals surface area contributed by atoms with Crippen molar-refractivity contribution in [1.29, 1.82) is 0 Å². The van der Waals surface area contributed by atoms with Crippen LogP contribution in [-0.4, -0.2) is 19.9 Å². The fourth-order valence-corrected chi connectivity index (χ4v) is 1.20. The minimum absolute atomic E-state index is 0.0786. The molecule has 0 aromatic carbocycles. The molecule has 0 atom stereocenters. The quantitative estimate of drug-likeness (QED) is 0.594. The van der Waals surface area contributed by atoms with Gasteiger partial charge in [0.15, 0.2) is 0 Å². The highest BCUT2D eigenvalue weighted by Crippen LogP contribution is 2.21. The zero-order valence-electron chi connectivity index (χ0n) is 8.07. The van der Waals surface area contributed by atoms with Crippen LogP contribution in [0, 0.1) is 10.1 Å². The Kier molecular flexibility index (Phi) is 2.42. The van der Waals surface area contributed by atoms with E-state index in [-0.39, 0.29) is 11.5 Å². The molecule has 2 heterocycles. The first-order valence-corrected chi connectivity index (χ1v) is 4.35. The number of hydrogen-bond donors (Lipinski definition) is 1. The van der Waals surface area contributed by atoms with Crippen molar-refractivity contribution in [3.8, 4) is 11.4 Å². The van der Waals surface area contributed by atoms with Gasteiger partial charge in [0.1, 0.15) is 11.5 Å². The molecule has 2 aromatic rings. The van der Waals surface area contributed by atoms with E-state index in [0.717, 1.165) is 0 Å². The second-order valence-electron chi connectivity index (χ2n) is 2.98. The number of anilines is 1. The molecule has 2 aromatic heterocycles. The van der Waals surface area contributed by atoms with Crippen LogP contribution in [0.15, 0.2) is 30.7 Å². The van der Waals surface area contributed by atoms with Crippen molar-refractivity contribution in [2.45, 2.75) is 0 Å². The van der Waals surface area contributed by atoms with E-state index < -0.39 is 4.92 Å². The van der Waals surface area contributed by atoms with Gasteiger partial charge in [0.25, 0.3) is 5.69 Å². The van der Waals surface area contributed by atoms with Crippen LogP contribution in [0.2, 0.25) is 0 Å². The maximum Gasteiger partial charge on any atom is 0.275 e. The summed E-state index contributed by atoms with van der Waals surface area (Å²) in [6.45, 7) is 0. The number of nitrogens with two attached hydrogens (primary N) is 1. The molecule has 0 aliphatic rings. The summed E-state index contributed by atoms with van der Waals surface area (Å²) < 4.78 is 0. The average molecular weight is 217 g/mol. The van der Waals surface area contributed by atoms with E-state index in [4.69, 9.17) is 5.73 Å². The number of aromatic nitrogens is 3. The summed E-state index contributed by atoms with van der Waals surface area (Å²) in [7, 11) is 0. The van der Waals surface area contributed by atoms with Crippen molar-refractivity contribution in [2.75, 3.05) is 5.73 Å². The summed E-state index contributed by atoms with van der Waals surface area (Å²) in [5, 5.41) is 10.6. The molecule has 2 N–H and O–H groups in total. The van der Waals surface area contributed by atoms with Crippen molar-refractivity contribution in [3.63, 3.8) is 0 Å². The Bertz CT molecular complexity index is 529. The maximum atomic E-state index is 10.6. The van der Waals surface area contributed by atoms with Crippen LogP contribution in [0.1, 0.15) is 0 Å². The van der Waals surface area contributed by atoms with Crippen LogP contribution >= 0.6 is 0 Å². The lowest BCUT2D eigenvalue weighted by molar-refractivity contribution is -0.384. The summed E-state index contributed by atoms with van der Waals surface area (Å²) >= 11 is 0. The van der Waals surface area contributed by atoms with E-state index in [1.165, 1.54) is 30.7 Å². The molecule has 0 radical (unpaired) electrons. The zero-order valence-corrected chi connectivity index (χ0v) is 8.07. The van der Waals surface area contributed by atoms with E-state index in [1.807, 2.05) is 0 Å². The molecule has 0 saturated heterocycles. The molecule has 0 unspecified atom stereocenters. The van der Waals surface area contributed by atoms with Crippen LogP contribution in [0.3, 0.4) is 0 Å². The van der Waals surface area contributed by atoms with Crippen LogP contribution in [0.25, 0.3) is 11.4 Å². The maximum absolute atomic E-state index is 10.6. The summed E-state index contributed by atoms with van der Waals surface area (Å²) in [6.07, 6.45) is 4.45. The molecule has 2 rings (SSSR count). The Balaban J connectivity index is 2.54. The van der Waals surface area contributed by atoms with Gasteiger partial charge in [-0.2, -0.15) is 0 Å². The van der Waals surface area contributed by atoms with Gasteiger partial charge in [-0.3, -0.25) is 20.1 Å². The Morgan fingerprint density at radius 3 is 2.69 bits per heavy atom. The monoisotopic (exact) mass is 217 g/mol. The van der Waals surface area contributed by atoms with Gasteiger partial charge in [0.2, 0.25) is 0 Å². The molecule has 0 aliphatic carbocycles. The van der Waals surface area contributed by atoms with E-state index >= 15 is 0 Å².